The second kappa shape index (κ2) is 9.43. The van der Waals surface area contributed by atoms with Crippen molar-refractivity contribution in [1.29, 1.82) is 0 Å². The number of piperidine rings is 1. The molecule has 0 aromatic heterocycles. The van der Waals surface area contributed by atoms with Crippen molar-refractivity contribution in [2.45, 2.75) is 69.6 Å². The van der Waals surface area contributed by atoms with Gasteiger partial charge in [-0.1, -0.05) is 0 Å². The number of hydrogen-bond acceptors (Lipinski definition) is 10. The van der Waals surface area contributed by atoms with E-state index in [1.807, 2.05) is 39.8 Å². The minimum atomic E-state index is -0.483. The van der Waals surface area contributed by atoms with E-state index in [0.717, 1.165) is 29.5 Å². The van der Waals surface area contributed by atoms with E-state index in [9.17, 15) is 15.1 Å². The summed E-state index contributed by atoms with van der Waals surface area (Å²) >= 11 is 0. The number of hydroxylamine groups is 2. The Labute approximate surface area is 234 Å². The van der Waals surface area contributed by atoms with Gasteiger partial charge in [0, 0.05) is 35.0 Å². The molecule has 10 heteroatoms. The van der Waals surface area contributed by atoms with Gasteiger partial charge in [0.1, 0.15) is 0 Å². The van der Waals surface area contributed by atoms with Crippen LogP contribution in [0.5, 0.6) is 28.7 Å². The summed E-state index contributed by atoms with van der Waals surface area (Å²) in [4.78, 5) is 13.4. The van der Waals surface area contributed by atoms with Crippen LogP contribution in [0.1, 0.15) is 69.2 Å². The summed E-state index contributed by atoms with van der Waals surface area (Å²) in [5, 5.41) is 26.8. The van der Waals surface area contributed by atoms with Crippen LogP contribution in [0.2, 0.25) is 0 Å². The molecule has 4 atom stereocenters. The number of methoxy groups -OCH3 is 2. The largest absolute Gasteiger partial charge is 0.502 e. The van der Waals surface area contributed by atoms with E-state index >= 15 is 0 Å². The average molecular weight is 555 g/mol. The van der Waals surface area contributed by atoms with Crippen molar-refractivity contribution in [3.05, 3.63) is 41.0 Å². The first-order valence-corrected chi connectivity index (χ1v) is 13.8. The number of phenols is 1. The number of carbonyl (C=O) groups excluding carboxylic acids is 1. The molecular weight excluding hydrogens is 516 g/mol. The highest BCUT2D eigenvalue weighted by atomic mass is 16.7. The van der Waals surface area contributed by atoms with Crippen LogP contribution in [0.25, 0.3) is 0 Å². The number of rotatable bonds is 5. The van der Waals surface area contributed by atoms with Gasteiger partial charge in [-0.15, -0.1) is 0 Å². The fourth-order valence-electron chi connectivity index (χ4n) is 7.51. The maximum Gasteiger partial charge on any atom is 0.310 e. The van der Waals surface area contributed by atoms with Gasteiger partial charge in [-0.2, -0.15) is 5.06 Å². The van der Waals surface area contributed by atoms with E-state index in [-0.39, 0.29) is 54.6 Å². The molecule has 2 aromatic rings. The molecule has 3 N–H and O–H groups in total. The number of phenolic OH excluding ortho intramolecular Hbond substituents is 1. The van der Waals surface area contributed by atoms with Crippen molar-refractivity contribution in [2.24, 2.45) is 11.8 Å². The second-order valence-electron chi connectivity index (χ2n) is 12.6. The van der Waals surface area contributed by atoms with Crippen LogP contribution < -0.4 is 24.3 Å². The lowest BCUT2D eigenvalue weighted by molar-refractivity contribution is -0.246. The van der Waals surface area contributed by atoms with Gasteiger partial charge < -0.3 is 39.3 Å². The number of esters is 1. The lowest BCUT2D eigenvalue weighted by atomic mass is 9.65. The van der Waals surface area contributed by atoms with E-state index in [2.05, 4.69) is 5.32 Å². The third-order valence-electron chi connectivity index (χ3n) is 9.10. The summed E-state index contributed by atoms with van der Waals surface area (Å²) in [6.45, 7) is 8.59. The van der Waals surface area contributed by atoms with Gasteiger partial charge in [0.2, 0.25) is 12.5 Å². The van der Waals surface area contributed by atoms with E-state index in [1.165, 1.54) is 19.3 Å². The van der Waals surface area contributed by atoms with Gasteiger partial charge in [-0.05, 0) is 81.5 Å². The molecule has 2 saturated heterocycles. The lowest BCUT2D eigenvalue weighted by Gasteiger charge is -2.53. The maximum atomic E-state index is 13.4. The molecule has 2 aromatic carbocycles. The van der Waals surface area contributed by atoms with Crippen LogP contribution in [0.15, 0.2) is 24.3 Å². The number of nitrogens with zero attached hydrogens (tertiary/aromatic N) is 1. The van der Waals surface area contributed by atoms with Gasteiger partial charge in [-0.25, -0.2) is 0 Å². The van der Waals surface area contributed by atoms with Crippen molar-refractivity contribution in [2.75, 3.05) is 27.6 Å². The predicted molar refractivity (Wildman–Crippen MR) is 144 cm³/mol. The SMILES string of the molecule is COc1cc([C@@H]2c3cc4c(cc3[C@@H](NC3CC(C)(C)N(O)C(C)(C)C3)[C@H]3COC(=O)[C@H]23)OCO4)cc(OC)c1O. The zero-order valence-electron chi connectivity index (χ0n) is 23.8. The van der Waals surface area contributed by atoms with Crippen molar-refractivity contribution in [1.82, 2.24) is 10.4 Å². The Morgan fingerprint density at radius 1 is 0.925 bits per heavy atom. The maximum absolute atomic E-state index is 13.4. The van der Waals surface area contributed by atoms with Crippen molar-refractivity contribution in [3.8, 4) is 28.7 Å². The Bertz CT molecular complexity index is 1300. The van der Waals surface area contributed by atoms with Gasteiger partial charge in [0.15, 0.2) is 23.0 Å². The minimum Gasteiger partial charge on any atom is -0.502 e. The molecule has 0 saturated carbocycles. The standard InChI is InChI=1S/C30H38N2O8/c1-29(2)11-16(12-30(3,4)32(29)35)31-26-18-10-21-20(39-14-40-21)9-17(18)24(25-19(26)13-38-28(25)34)15-7-22(36-5)27(33)23(8-15)37-6/h7-10,16,19,24-26,31,33,35H,11-14H2,1-6H3/t19-,24+,25-,26+/m0/s1. The molecule has 40 heavy (non-hydrogen) atoms. The summed E-state index contributed by atoms with van der Waals surface area (Å²) in [6, 6.07) is 7.39. The van der Waals surface area contributed by atoms with Crippen LogP contribution >= 0.6 is 0 Å². The highest BCUT2D eigenvalue weighted by Gasteiger charge is 2.54. The molecule has 0 unspecified atom stereocenters. The number of aromatic hydroxyl groups is 1. The van der Waals surface area contributed by atoms with Crippen molar-refractivity contribution < 1.29 is 38.8 Å². The topological polar surface area (TPSA) is 119 Å². The van der Waals surface area contributed by atoms with Crippen LogP contribution in [0.3, 0.4) is 0 Å². The molecule has 2 fully saturated rings. The van der Waals surface area contributed by atoms with E-state index in [1.54, 1.807) is 12.1 Å². The number of benzene rings is 2. The lowest BCUT2D eigenvalue weighted by Crippen LogP contribution is -2.63. The van der Waals surface area contributed by atoms with Gasteiger partial charge in [0.25, 0.3) is 0 Å². The highest BCUT2D eigenvalue weighted by molar-refractivity contribution is 5.79. The summed E-state index contributed by atoms with van der Waals surface area (Å²) in [5.41, 5.74) is 1.84. The first-order valence-electron chi connectivity index (χ1n) is 13.8. The average Bonchev–Trinajstić information content (AvgIpc) is 3.52. The van der Waals surface area contributed by atoms with E-state index < -0.39 is 22.9 Å². The second-order valence-corrected chi connectivity index (χ2v) is 12.6. The molecule has 0 bridgehead atoms. The van der Waals surface area contributed by atoms with Gasteiger partial charge in [0.05, 0.1) is 26.7 Å². The third-order valence-corrected chi connectivity index (χ3v) is 9.10. The Morgan fingerprint density at radius 3 is 2.08 bits per heavy atom. The fraction of sp³-hybridized carbons (Fsp3) is 0.567. The summed E-state index contributed by atoms with van der Waals surface area (Å²) in [5.74, 6) is 0.430. The molecule has 0 amide bonds. The molecule has 10 nitrogen and oxygen atoms in total. The molecule has 3 heterocycles. The Hall–Kier alpha value is -3.21. The van der Waals surface area contributed by atoms with E-state index in [4.69, 9.17) is 23.7 Å². The molecular formula is C30H38N2O8. The number of ether oxygens (including phenoxy) is 5. The summed E-state index contributed by atoms with van der Waals surface area (Å²) in [6.07, 6.45) is 1.45. The summed E-state index contributed by atoms with van der Waals surface area (Å²) in [7, 11) is 2.97. The Morgan fingerprint density at radius 2 is 1.50 bits per heavy atom. The Kier molecular flexibility index (Phi) is 6.36. The van der Waals surface area contributed by atoms with Crippen LogP contribution in [0.4, 0.5) is 0 Å². The van der Waals surface area contributed by atoms with Crippen LogP contribution in [-0.4, -0.2) is 66.1 Å². The van der Waals surface area contributed by atoms with Gasteiger partial charge >= 0.3 is 5.97 Å². The van der Waals surface area contributed by atoms with Crippen LogP contribution in [0, 0.1) is 11.8 Å². The first kappa shape index (κ1) is 27.0. The number of hydrogen-bond donors (Lipinski definition) is 3. The molecule has 216 valence electrons. The number of fused-ring (bicyclic) bond motifs is 3. The van der Waals surface area contributed by atoms with Crippen molar-refractivity contribution >= 4 is 5.97 Å². The van der Waals surface area contributed by atoms with E-state index in [0.29, 0.717) is 11.5 Å². The zero-order valence-corrected chi connectivity index (χ0v) is 23.8. The molecule has 4 aliphatic rings. The molecule has 1 aliphatic carbocycles. The monoisotopic (exact) mass is 554 g/mol. The van der Waals surface area contributed by atoms with Crippen LogP contribution in [-0.2, 0) is 9.53 Å². The highest BCUT2D eigenvalue weighted by Crippen LogP contribution is 2.56. The van der Waals surface area contributed by atoms with Crippen molar-refractivity contribution in [3.63, 3.8) is 0 Å². The van der Waals surface area contributed by atoms with Gasteiger partial charge in [-0.3, -0.25) is 4.79 Å². The smallest absolute Gasteiger partial charge is 0.310 e. The summed E-state index contributed by atoms with van der Waals surface area (Å²) < 4.78 is 28.2. The normalized spacial score (nSPS) is 28.5. The molecule has 3 aliphatic heterocycles. The number of cyclic esters (lactones) is 1. The third kappa shape index (κ3) is 4.15. The predicted octanol–water partition coefficient (Wildman–Crippen LogP) is 4.11. The molecule has 6 rings (SSSR count). The number of carbonyl (C=O) groups is 1. The minimum absolute atomic E-state index is 0.0819. The zero-order chi connectivity index (χ0) is 28.6. The molecule has 0 spiro atoms. The fourth-order valence-corrected chi connectivity index (χ4v) is 7.51. The quantitative estimate of drug-likeness (QED) is 0.466. The first-order chi connectivity index (χ1) is 18.9. The Balaban J connectivity index is 1.49. The number of nitrogens with one attached hydrogen (secondary N) is 1. The molecule has 0 radical (unpaired) electrons.